The summed E-state index contributed by atoms with van der Waals surface area (Å²) in [5, 5.41) is 8.62. The standard InChI is InChI=1S/C12H15NO6S/c1-8(12(16)19-2)13-20(17,18)10-5-3-9(4-6-10)7-11(14)15/h3-6,8,13H,7H2,1-2H3,(H,14,15)/t8-/m0/s1. The fraction of sp³-hybridized carbons (Fsp3) is 0.333. The summed E-state index contributed by atoms with van der Waals surface area (Å²) in [5.74, 6) is -1.70. The first-order valence-corrected chi connectivity index (χ1v) is 7.15. The SMILES string of the molecule is COC(=O)[C@H](C)NS(=O)(=O)c1ccc(CC(=O)O)cc1. The average molecular weight is 301 g/mol. The second-order valence-corrected chi connectivity index (χ2v) is 5.79. The number of nitrogens with one attached hydrogen (secondary N) is 1. The zero-order valence-electron chi connectivity index (χ0n) is 11.0. The summed E-state index contributed by atoms with van der Waals surface area (Å²) in [6.07, 6.45) is -0.188. The molecule has 0 heterocycles. The van der Waals surface area contributed by atoms with Gasteiger partial charge in [0.1, 0.15) is 6.04 Å². The van der Waals surface area contributed by atoms with E-state index in [-0.39, 0.29) is 11.3 Å². The molecule has 1 aromatic rings. The van der Waals surface area contributed by atoms with Crippen LogP contribution in [-0.2, 0) is 30.8 Å². The molecule has 2 N–H and O–H groups in total. The Bertz CT molecular complexity index is 593. The molecule has 0 saturated heterocycles. The maximum absolute atomic E-state index is 12.0. The minimum absolute atomic E-state index is 0.0533. The van der Waals surface area contributed by atoms with E-state index in [1.807, 2.05) is 0 Å². The van der Waals surface area contributed by atoms with Crippen molar-refractivity contribution in [2.24, 2.45) is 0 Å². The fourth-order valence-corrected chi connectivity index (χ4v) is 2.68. The molecule has 0 radical (unpaired) electrons. The quantitative estimate of drug-likeness (QED) is 0.724. The number of rotatable bonds is 6. The predicted molar refractivity (Wildman–Crippen MR) is 69.6 cm³/mol. The van der Waals surface area contributed by atoms with Gasteiger partial charge < -0.3 is 9.84 Å². The van der Waals surface area contributed by atoms with Crippen LogP contribution in [-0.4, -0.2) is 38.6 Å². The van der Waals surface area contributed by atoms with E-state index in [0.717, 1.165) is 7.11 Å². The molecule has 0 amide bonds. The Morgan fingerprint density at radius 1 is 1.30 bits per heavy atom. The molecule has 0 spiro atoms. The molecular formula is C12H15NO6S. The normalized spacial score (nSPS) is 12.7. The number of hydrogen-bond acceptors (Lipinski definition) is 5. The molecule has 110 valence electrons. The topological polar surface area (TPSA) is 110 Å². The number of aliphatic carboxylic acids is 1. The summed E-state index contributed by atoms with van der Waals surface area (Å²) >= 11 is 0. The Morgan fingerprint density at radius 3 is 2.30 bits per heavy atom. The Labute approximate surface area is 116 Å². The van der Waals surface area contributed by atoms with Crippen LogP contribution in [0.1, 0.15) is 12.5 Å². The van der Waals surface area contributed by atoms with Crippen LogP contribution < -0.4 is 4.72 Å². The number of methoxy groups -OCH3 is 1. The zero-order chi connectivity index (χ0) is 15.3. The summed E-state index contributed by atoms with van der Waals surface area (Å²) in [6, 6.07) is 4.37. The fourth-order valence-electron chi connectivity index (χ4n) is 1.49. The molecule has 1 atom stereocenters. The van der Waals surface area contributed by atoms with Crippen LogP contribution in [0.2, 0.25) is 0 Å². The van der Waals surface area contributed by atoms with Gasteiger partial charge >= 0.3 is 11.9 Å². The van der Waals surface area contributed by atoms with E-state index in [4.69, 9.17) is 5.11 Å². The zero-order valence-corrected chi connectivity index (χ0v) is 11.8. The smallest absolute Gasteiger partial charge is 0.323 e. The molecule has 20 heavy (non-hydrogen) atoms. The molecule has 0 fully saturated rings. The van der Waals surface area contributed by atoms with Gasteiger partial charge in [-0.1, -0.05) is 12.1 Å². The molecule has 0 bridgehead atoms. The Hall–Kier alpha value is -1.93. The van der Waals surface area contributed by atoms with E-state index in [0.29, 0.717) is 5.56 Å². The minimum Gasteiger partial charge on any atom is -0.481 e. The van der Waals surface area contributed by atoms with Crippen molar-refractivity contribution in [3.63, 3.8) is 0 Å². The van der Waals surface area contributed by atoms with Gasteiger partial charge in [0.25, 0.3) is 0 Å². The minimum atomic E-state index is -3.86. The third-order valence-corrected chi connectivity index (χ3v) is 4.03. The molecular weight excluding hydrogens is 286 g/mol. The Kier molecular flexibility index (Phi) is 5.23. The first kappa shape index (κ1) is 16.1. The molecule has 0 unspecified atom stereocenters. The number of carbonyl (C=O) groups excluding carboxylic acids is 1. The second-order valence-electron chi connectivity index (χ2n) is 4.08. The molecule has 1 rings (SSSR count). The lowest BCUT2D eigenvalue weighted by Crippen LogP contribution is -2.39. The molecule has 8 heteroatoms. The first-order chi connectivity index (χ1) is 9.26. The molecule has 1 aromatic carbocycles. The van der Waals surface area contributed by atoms with Crippen LogP contribution >= 0.6 is 0 Å². The molecule has 0 aliphatic carbocycles. The van der Waals surface area contributed by atoms with Crippen LogP contribution in [0.4, 0.5) is 0 Å². The van der Waals surface area contributed by atoms with Crippen molar-refractivity contribution in [3.05, 3.63) is 29.8 Å². The first-order valence-electron chi connectivity index (χ1n) is 5.67. The maximum Gasteiger partial charge on any atom is 0.323 e. The number of hydrogen-bond donors (Lipinski definition) is 2. The average Bonchev–Trinajstić information content (AvgIpc) is 2.37. The molecule has 0 aromatic heterocycles. The van der Waals surface area contributed by atoms with E-state index in [2.05, 4.69) is 9.46 Å². The number of esters is 1. The maximum atomic E-state index is 12.0. The highest BCUT2D eigenvalue weighted by atomic mass is 32.2. The monoisotopic (exact) mass is 301 g/mol. The van der Waals surface area contributed by atoms with Crippen LogP contribution in [0.3, 0.4) is 0 Å². The molecule has 0 saturated carbocycles. The van der Waals surface area contributed by atoms with Crippen molar-refractivity contribution >= 4 is 22.0 Å². The number of carboxylic acid groups (broad SMARTS) is 1. The van der Waals surface area contributed by atoms with Gasteiger partial charge in [-0.15, -0.1) is 0 Å². The molecule has 0 aliphatic rings. The van der Waals surface area contributed by atoms with Gasteiger partial charge in [0.15, 0.2) is 0 Å². The van der Waals surface area contributed by atoms with Crippen molar-refractivity contribution in [3.8, 4) is 0 Å². The summed E-state index contributed by atoms with van der Waals surface area (Å²) in [5.41, 5.74) is 0.484. The van der Waals surface area contributed by atoms with Gasteiger partial charge in [-0.25, -0.2) is 8.42 Å². The van der Waals surface area contributed by atoms with Crippen LogP contribution in [0.25, 0.3) is 0 Å². The molecule has 0 aliphatic heterocycles. The lowest BCUT2D eigenvalue weighted by atomic mass is 10.2. The van der Waals surface area contributed by atoms with Gasteiger partial charge in [0.05, 0.1) is 18.4 Å². The van der Waals surface area contributed by atoms with Crippen molar-refractivity contribution in [2.45, 2.75) is 24.3 Å². The second kappa shape index (κ2) is 6.49. The van der Waals surface area contributed by atoms with Gasteiger partial charge in [-0.3, -0.25) is 9.59 Å². The lowest BCUT2D eigenvalue weighted by Gasteiger charge is -2.12. The summed E-state index contributed by atoms with van der Waals surface area (Å²) in [6.45, 7) is 1.36. The van der Waals surface area contributed by atoms with Crippen molar-refractivity contribution in [1.29, 1.82) is 0 Å². The van der Waals surface area contributed by atoms with Gasteiger partial charge in [-0.2, -0.15) is 4.72 Å². The number of benzene rings is 1. The number of ether oxygens (including phenoxy) is 1. The van der Waals surface area contributed by atoms with E-state index >= 15 is 0 Å². The van der Waals surface area contributed by atoms with Gasteiger partial charge in [0.2, 0.25) is 10.0 Å². The summed E-state index contributed by atoms with van der Waals surface area (Å²) < 4.78 is 30.5. The van der Waals surface area contributed by atoms with E-state index in [1.54, 1.807) is 0 Å². The number of sulfonamides is 1. The molecule has 7 nitrogen and oxygen atoms in total. The van der Waals surface area contributed by atoms with Gasteiger partial charge in [-0.05, 0) is 24.6 Å². The Morgan fingerprint density at radius 2 is 1.85 bits per heavy atom. The highest BCUT2D eigenvalue weighted by Gasteiger charge is 2.22. The number of carbonyl (C=O) groups is 2. The third kappa shape index (κ3) is 4.32. The van der Waals surface area contributed by atoms with Crippen LogP contribution in [0.5, 0.6) is 0 Å². The highest BCUT2D eigenvalue weighted by Crippen LogP contribution is 2.11. The number of carboxylic acids is 1. The van der Waals surface area contributed by atoms with Crippen LogP contribution in [0.15, 0.2) is 29.2 Å². The largest absolute Gasteiger partial charge is 0.481 e. The van der Waals surface area contributed by atoms with Gasteiger partial charge in [0, 0.05) is 0 Å². The van der Waals surface area contributed by atoms with Crippen molar-refractivity contribution in [1.82, 2.24) is 4.72 Å². The highest BCUT2D eigenvalue weighted by molar-refractivity contribution is 7.89. The van der Waals surface area contributed by atoms with E-state index in [1.165, 1.54) is 31.2 Å². The summed E-state index contributed by atoms with van der Waals surface area (Å²) in [4.78, 5) is 21.7. The van der Waals surface area contributed by atoms with Crippen molar-refractivity contribution in [2.75, 3.05) is 7.11 Å². The third-order valence-electron chi connectivity index (χ3n) is 2.48. The van der Waals surface area contributed by atoms with Crippen LogP contribution in [0, 0.1) is 0 Å². The summed E-state index contributed by atoms with van der Waals surface area (Å²) in [7, 11) is -2.70. The van der Waals surface area contributed by atoms with E-state index < -0.39 is 28.0 Å². The lowest BCUT2D eigenvalue weighted by molar-refractivity contribution is -0.142. The van der Waals surface area contributed by atoms with E-state index in [9.17, 15) is 18.0 Å². The predicted octanol–water partition coefficient (Wildman–Crippen LogP) is 0.153. The van der Waals surface area contributed by atoms with Crippen molar-refractivity contribution < 1.29 is 27.9 Å². The Balaban J connectivity index is 2.88.